The lowest BCUT2D eigenvalue weighted by molar-refractivity contribution is 0.305. The number of hydrogen-bond acceptors (Lipinski definition) is 3. The molecule has 0 unspecified atom stereocenters. The van der Waals surface area contributed by atoms with Gasteiger partial charge in [-0.1, -0.05) is 29.8 Å². The fourth-order valence-corrected chi connectivity index (χ4v) is 3.52. The topological polar surface area (TPSA) is 21.3 Å². The highest BCUT2D eigenvalue weighted by atomic mass is 79.9. The molecule has 2 rings (SSSR count). The molecule has 5 heteroatoms. The average Bonchev–Trinajstić information content (AvgIpc) is 2.81. The van der Waals surface area contributed by atoms with Crippen molar-refractivity contribution in [1.29, 1.82) is 0 Å². The van der Waals surface area contributed by atoms with Crippen LogP contribution in [0.15, 0.2) is 38.6 Å². The first-order valence-corrected chi connectivity index (χ1v) is 8.83. The van der Waals surface area contributed by atoms with Crippen LogP contribution in [-0.4, -0.2) is 6.04 Å². The summed E-state index contributed by atoms with van der Waals surface area (Å²) in [7, 11) is 0. The van der Waals surface area contributed by atoms with Crippen molar-refractivity contribution in [2.24, 2.45) is 0 Å². The molecule has 108 valence electrons. The van der Waals surface area contributed by atoms with E-state index in [0.29, 0.717) is 12.6 Å². The second-order valence-corrected chi connectivity index (χ2v) is 8.25. The lowest BCUT2D eigenvalue weighted by Crippen LogP contribution is -2.22. The van der Waals surface area contributed by atoms with Crippen molar-refractivity contribution in [3.8, 4) is 5.75 Å². The zero-order chi connectivity index (χ0) is 14.5. The smallest absolute Gasteiger partial charge is 0.124 e. The van der Waals surface area contributed by atoms with E-state index in [4.69, 9.17) is 4.74 Å². The fourth-order valence-electron chi connectivity index (χ4n) is 1.72. The van der Waals surface area contributed by atoms with E-state index < -0.39 is 0 Å². The zero-order valence-corrected chi connectivity index (χ0v) is 15.4. The van der Waals surface area contributed by atoms with Crippen LogP contribution in [0.25, 0.3) is 0 Å². The summed E-state index contributed by atoms with van der Waals surface area (Å²) in [4.78, 5) is 1.21. The minimum atomic E-state index is 0.454. The molecular weight excluding hydrogens is 402 g/mol. The summed E-state index contributed by atoms with van der Waals surface area (Å²) in [5.41, 5.74) is 1.17. The highest BCUT2D eigenvalue weighted by Gasteiger charge is 2.07. The van der Waals surface area contributed by atoms with Gasteiger partial charge in [-0.05, 0) is 46.3 Å². The van der Waals surface area contributed by atoms with Gasteiger partial charge in [-0.3, -0.25) is 0 Å². The third-order valence-electron chi connectivity index (χ3n) is 2.72. The molecule has 2 nitrogen and oxygen atoms in total. The van der Waals surface area contributed by atoms with Crippen molar-refractivity contribution in [2.75, 3.05) is 0 Å². The molecule has 0 spiro atoms. The molecule has 1 aromatic heterocycles. The standard InChI is InChI=1S/C15H17Br2NOS/c1-10(2)18-8-11-7-12(16)3-5-14(11)19-9-13-4-6-15(17)20-13/h3-7,10,18H,8-9H2,1-2H3. The van der Waals surface area contributed by atoms with Crippen LogP contribution in [-0.2, 0) is 13.2 Å². The summed E-state index contributed by atoms with van der Waals surface area (Å²) in [5.74, 6) is 0.936. The molecular formula is C15H17Br2NOS. The maximum Gasteiger partial charge on any atom is 0.124 e. The monoisotopic (exact) mass is 417 g/mol. The maximum absolute atomic E-state index is 5.95. The Labute approximate surface area is 140 Å². The van der Waals surface area contributed by atoms with E-state index in [0.717, 1.165) is 20.6 Å². The van der Waals surface area contributed by atoms with Gasteiger partial charge in [-0.15, -0.1) is 11.3 Å². The molecule has 0 bridgehead atoms. The minimum Gasteiger partial charge on any atom is -0.488 e. The van der Waals surface area contributed by atoms with E-state index in [2.05, 4.69) is 63.2 Å². The second kappa shape index (κ2) is 7.59. The molecule has 0 saturated heterocycles. The number of nitrogens with one attached hydrogen (secondary N) is 1. The number of halogens is 2. The Morgan fingerprint density at radius 1 is 1.20 bits per heavy atom. The summed E-state index contributed by atoms with van der Waals surface area (Å²) < 4.78 is 8.16. The maximum atomic E-state index is 5.95. The quantitative estimate of drug-likeness (QED) is 0.682. The SMILES string of the molecule is CC(C)NCc1cc(Br)ccc1OCc1ccc(Br)s1. The first-order chi connectivity index (χ1) is 9.54. The lowest BCUT2D eigenvalue weighted by atomic mass is 10.2. The van der Waals surface area contributed by atoms with E-state index in [1.54, 1.807) is 11.3 Å². The molecule has 1 N–H and O–H groups in total. The van der Waals surface area contributed by atoms with Crippen molar-refractivity contribution >= 4 is 43.2 Å². The summed E-state index contributed by atoms with van der Waals surface area (Å²) in [6.07, 6.45) is 0. The molecule has 1 aromatic carbocycles. The van der Waals surface area contributed by atoms with Gasteiger partial charge in [0.2, 0.25) is 0 Å². The van der Waals surface area contributed by atoms with E-state index in [-0.39, 0.29) is 0 Å². The zero-order valence-electron chi connectivity index (χ0n) is 11.5. The van der Waals surface area contributed by atoms with E-state index in [1.165, 1.54) is 10.4 Å². The molecule has 1 heterocycles. The first kappa shape index (κ1) is 16.0. The lowest BCUT2D eigenvalue weighted by Gasteiger charge is -2.14. The van der Waals surface area contributed by atoms with Crippen LogP contribution < -0.4 is 10.1 Å². The Balaban J connectivity index is 2.05. The molecule has 0 fully saturated rings. The average molecular weight is 419 g/mol. The van der Waals surface area contributed by atoms with Gasteiger partial charge >= 0.3 is 0 Å². The Bertz CT molecular complexity index is 569. The van der Waals surface area contributed by atoms with Crippen LogP contribution in [0.3, 0.4) is 0 Å². The third kappa shape index (κ3) is 4.88. The second-order valence-electron chi connectivity index (χ2n) is 4.78. The third-order valence-corrected chi connectivity index (χ3v) is 4.81. The van der Waals surface area contributed by atoms with Gasteiger partial charge in [0, 0.05) is 27.5 Å². The predicted molar refractivity (Wildman–Crippen MR) is 92.5 cm³/mol. The molecule has 0 atom stereocenters. The Hall–Kier alpha value is -0.360. The summed E-state index contributed by atoms with van der Waals surface area (Å²) in [6.45, 7) is 5.69. The van der Waals surface area contributed by atoms with Gasteiger partial charge < -0.3 is 10.1 Å². The van der Waals surface area contributed by atoms with Gasteiger partial charge in [0.25, 0.3) is 0 Å². The van der Waals surface area contributed by atoms with Gasteiger partial charge in [-0.2, -0.15) is 0 Å². The number of rotatable bonds is 6. The molecule has 0 radical (unpaired) electrons. The molecule has 0 aliphatic carbocycles. The van der Waals surface area contributed by atoms with Crippen molar-refractivity contribution in [1.82, 2.24) is 5.32 Å². The minimum absolute atomic E-state index is 0.454. The van der Waals surface area contributed by atoms with Gasteiger partial charge in [0.05, 0.1) is 3.79 Å². The van der Waals surface area contributed by atoms with Crippen LogP contribution in [0.1, 0.15) is 24.3 Å². The van der Waals surface area contributed by atoms with Crippen molar-refractivity contribution < 1.29 is 4.74 Å². The normalized spacial score (nSPS) is 11.1. The molecule has 0 aliphatic rings. The van der Waals surface area contributed by atoms with E-state index in [1.807, 2.05) is 18.2 Å². The van der Waals surface area contributed by atoms with E-state index >= 15 is 0 Å². The van der Waals surface area contributed by atoms with Crippen molar-refractivity contribution in [3.63, 3.8) is 0 Å². The van der Waals surface area contributed by atoms with Crippen LogP contribution in [0, 0.1) is 0 Å². The number of hydrogen-bond donors (Lipinski definition) is 1. The Morgan fingerprint density at radius 3 is 2.65 bits per heavy atom. The summed E-state index contributed by atoms with van der Waals surface area (Å²) >= 11 is 8.69. The molecule has 2 aromatic rings. The van der Waals surface area contributed by atoms with Gasteiger partial charge in [-0.25, -0.2) is 0 Å². The van der Waals surface area contributed by atoms with Gasteiger partial charge in [0.15, 0.2) is 0 Å². The number of benzene rings is 1. The number of thiophene rings is 1. The Morgan fingerprint density at radius 2 is 2.00 bits per heavy atom. The van der Waals surface area contributed by atoms with Crippen molar-refractivity contribution in [2.45, 2.75) is 33.0 Å². The number of ether oxygens (including phenoxy) is 1. The molecule has 0 saturated carbocycles. The van der Waals surface area contributed by atoms with Crippen LogP contribution in [0.4, 0.5) is 0 Å². The van der Waals surface area contributed by atoms with Crippen LogP contribution in [0.2, 0.25) is 0 Å². The summed E-state index contributed by atoms with van der Waals surface area (Å²) in [5, 5.41) is 3.43. The van der Waals surface area contributed by atoms with Crippen LogP contribution in [0.5, 0.6) is 5.75 Å². The molecule has 0 amide bonds. The predicted octanol–water partition coefficient (Wildman–Crippen LogP) is 5.35. The first-order valence-electron chi connectivity index (χ1n) is 6.43. The largest absolute Gasteiger partial charge is 0.488 e. The highest BCUT2D eigenvalue weighted by molar-refractivity contribution is 9.11. The van der Waals surface area contributed by atoms with E-state index in [9.17, 15) is 0 Å². The van der Waals surface area contributed by atoms with Gasteiger partial charge in [0.1, 0.15) is 12.4 Å². The highest BCUT2D eigenvalue weighted by Crippen LogP contribution is 2.27. The Kier molecular flexibility index (Phi) is 6.08. The molecule has 20 heavy (non-hydrogen) atoms. The van der Waals surface area contributed by atoms with Crippen LogP contribution >= 0.6 is 43.2 Å². The van der Waals surface area contributed by atoms with Crippen molar-refractivity contribution in [3.05, 3.63) is 49.0 Å². The molecule has 0 aliphatic heterocycles. The summed E-state index contributed by atoms with van der Waals surface area (Å²) in [6, 6.07) is 10.7. The fraction of sp³-hybridized carbons (Fsp3) is 0.333.